The van der Waals surface area contributed by atoms with E-state index in [-0.39, 0.29) is 6.10 Å². The van der Waals surface area contributed by atoms with E-state index in [0.717, 1.165) is 17.9 Å². The number of benzene rings is 1. The third-order valence-electron chi connectivity index (χ3n) is 1.66. The fraction of sp³-hybridized carbons (Fsp3) is 0.400. The fourth-order valence-corrected chi connectivity index (χ4v) is 2.04. The molecule has 0 heterocycles. The van der Waals surface area contributed by atoms with Gasteiger partial charge in [-0.15, -0.1) is 11.8 Å². The molecule has 2 nitrogen and oxygen atoms in total. The Hall–Kier alpha value is -0.670. The van der Waals surface area contributed by atoms with Crippen molar-refractivity contribution in [1.29, 1.82) is 0 Å². The van der Waals surface area contributed by atoms with Crippen LogP contribution >= 0.6 is 11.8 Å². The van der Waals surface area contributed by atoms with Crippen LogP contribution in [0.25, 0.3) is 0 Å². The highest BCUT2D eigenvalue weighted by Crippen LogP contribution is 2.21. The Morgan fingerprint density at radius 1 is 1.54 bits per heavy atom. The molecule has 1 aromatic rings. The van der Waals surface area contributed by atoms with E-state index >= 15 is 0 Å². The Labute approximate surface area is 83.1 Å². The SMILES string of the molecule is CC(O)CCSc1cccc(N)c1. The molecule has 0 fully saturated rings. The zero-order valence-electron chi connectivity index (χ0n) is 7.73. The van der Waals surface area contributed by atoms with E-state index in [1.54, 1.807) is 18.7 Å². The van der Waals surface area contributed by atoms with Gasteiger partial charge >= 0.3 is 0 Å². The summed E-state index contributed by atoms with van der Waals surface area (Å²) in [5.41, 5.74) is 6.42. The molecule has 0 bridgehead atoms. The standard InChI is InChI=1S/C10H15NOS/c1-8(12)5-6-13-10-4-2-3-9(11)7-10/h2-4,7-8,12H,5-6,11H2,1H3. The Morgan fingerprint density at radius 2 is 2.31 bits per heavy atom. The number of nitrogens with two attached hydrogens (primary N) is 1. The second-order valence-electron chi connectivity index (χ2n) is 3.06. The van der Waals surface area contributed by atoms with Gasteiger partial charge in [0.05, 0.1) is 6.10 Å². The van der Waals surface area contributed by atoms with E-state index in [4.69, 9.17) is 10.8 Å². The maximum atomic E-state index is 9.05. The molecule has 0 aliphatic carbocycles. The zero-order valence-corrected chi connectivity index (χ0v) is 8.55. The monoisotopic (exact) mass is 197 g/mol. The van der Waals surface area contributed by atoms with Gasteiger partial charge in [0.15, 0.2) is 0 Å². The lowest BCUT2D eigenvalue weighted by Crippen LogP contribution is -2.00. The van der Waals surface area contributed by atoms with Crippen molar-refractivity contribution >= 4 is 17.4 Å². The number of anilines is 1. The summed E-state index contributed by atoms with van der Waals surface area (Å²) in [5, 5.41) is 9.05. The van der Waals surface area contributed by atoms with E-state index in [1.807, 2.05) is 24.3 Å². The summed E-state index contributed by atoms with van der Waals surface area (Å²) in [6.07, 6.45) is 0.605. The minimum atomic E-state index is -0.214. The Bertz CT molecular complexity index is 263. The van der Waals surface area contributed by atoms with Gasteiger partial charge in [-0.05, 0) is 31.5 Å². The first-order valence-electron chi connectivity index (χ1n) is 4.35. The van der Waals surface area contributed by atoms with Crippen molar-refractivity contribution in [3.63, 3.8) is 0 Å². The molecular formula is C10H15NOS. The van der Waals surface area contributed by atoms with Gasteiger partial charge in [0.1, 0.15) is 0 Å². The summed E-state index contributed by atoms with van der Waals surface area (Å²) in [6.45, 7) is 1.81. The van der Waals surface area contributed by atoms with Crippen LogP contribution < -0.4 is 5.73 Å². The average molecular weight is 197 g/mol. The molecule has 1 aromatic carbocycles. The van der Waals surface area contributed by atoms with Crippen molar-refractivity contribution in [1.82, 2.24) is 0 Å². The normalized spacial score (nSPS) is 12.8. The van der Waals surface area contributed by atoms with Crippen molar-refractivity contribution in [2.24, 2.45) is 0 Å². The van der Waals surface area contributed by atoms with Crippen LogP contribution in [-0.2, 0) is 0 Å². The molecule has 0 aliphatic heterocycles. The van der Waals surface area contributed by atoms with Crippen LogP contribution in [0.3, 0.4) is 0 Å². The number of aliphatic hydroxyl groups excluding tert-OH is 1. The molecule has 0 aliphatic rings. The van der Waals surface area contributed by atoms with E-state index in [9.17, 15) is 0 Å². The fourth-order valence-electron chi connectivity index (χ4n) is 0.952. The molecule has 0 saturated heterocycles. The van der Waals surface area contributed by atoms with Gasteiger partial charge in [-0.3, -0.25) is 0 Å². The molecule has 0 radical (unpaired) electrons. The van der Waals surface area contributed by atoms with Crippen molar-refractivity contribution in [2.75, 3.05) is 11.5 Å². The summed E-state index contributed by atoms with van der Waals surface area (Å²) in [6, 6.07) is 7.80. The van der Waals surface area contributed by atoms with Gasteiger partial charge in [0.25, 0.3) is 0 Å². The summed E-state index contributed by atoms with van der Waals surface area (Å²) < 4.78 is 0. The molecule has 13 heavy (non-hydrogen) atoms. The second-order valence-corrected chi connectivity index (χ2v) is 4.23. The quantitative estimate of drug-likeness (QED) is 0.574. The molecule has 1 atom stereocenters. The molecule has 1 unspecified atom stereocenters. The molecule has 3 N–H and O–H groups in total. The number of hydrogen-bond donors (Lipinski definition) is 2. The van der Waals surface area contributed by atoms with Crippen LogP contribution in [0.1, 0.15) is 13.3 Å². The molecule has 0 amide bonds. The first-order valence-corrected chi connectivity index (χ1v) is 5.33. The third-order valence-corrected chi connectivity index (χ3v) is 2.69. The topological polar surface area (TPSA) is 46.2 Å². The van der Waals surface area contributed by atoms with Gasteiger partial charge < -0.3 is 10.8 Å². The zero-order chi connectivity index (χ0) is 9.68. The summed E-state index contributed by atoms with van der Waals surface area (Å²) in [4.78, 5) is 1.17. The summed E-state index contributed by atoms with van der Waals surface area (Å²) >= 11 is 1.72. The van der Waals surface area contributed by atoms with Gasteiger partial charge in [-0.25, -0.2) is 0 Å². The predicted molar refractivity (Wildman–Crippen MR) is 57.9 cm³/mol. The third kappa shape index (κ3) is 4.20. The van der Waals surface area contributed by atoms with Crippen LogP contribution in [0.4, 0.5) is 5.69 Å². The van der Waals surface area contributed by atoms with Crippen molar-refractivity contribution < 1.29 is 5.11 Å². The lowest BCUT2D eigenvalue weighted by atomic mass is 10.3. The highest BCUT2D eigenvalue weighted by molar-refractivity contribution is 7.99. The predicted octanol–water partition coefficient (Wildman–Crippen LogP) is 2.13. The molecular weight excluding hydrogens is 182 g/mol. The number of rotatable bonds is 4. The van der Waals surface area contributed by atoms with E-state index in [0.29, 0.717) is 0 Å². The lowest BCUT2D eigenvalue weighted by molar-refractivity contribution is 0.192. The van der Waals surface area contributed by atoms with Gasteiger partial charge in [-0.1, -0.05) is 6.07 Å². The van der Waals surface area contributed by atoms with Crippen molar-refractivity contribution in [2.45, 2.75) is 24.3 Å². The maximum absolute atomic E-state index is 9.05. The minimum absolute atomic E-state index is 0.214. The molecule has 3 heteroatoms. The average Bonchev–Trinajstić information content (AvgIpc) is 2.03. The molecule has 72 valence electrons. The number of aliphatic hydroxyl groups is 1. The van der Waals surface area contributed by atoms with Gasteiger partial charge in [0.2, 0.25) is 0 Å². The maximum Gasteiger partial charge on any atom is 0.0520 e. The second kappa shape index (κ2) is 5.14. The summed E-state index contributed by atoms with van der Waals surface area (Å²) in [5.74, 6) is 0.932. The van der Waals surface area contributed by atoms with E-state index in [2.05, 4.69) is 0 Å². The van der Waals surface area contributed by atoms with Crippen molar-refractivity contribution in [3.05, 3.63) is 24.3 Å². The Balaban J connectivity index is 2.37. The first-order chi connectivity index (χ1) is 6.18. The van der Waals surface area contributed by atoms with Crippen LogP contribution in [0.5, 0.6) is 0 Å². The van der Waals surface area contributed by atoms with Crippen LogP contribution in [0.15, 0.2) is 29.2 Å². The summed E-state index contributed by atoms with van der Waals surface area (Å²) in [7, 11) is 0. The van der Waals surface area contributed by atoms with Crippen LogP contribution in [0.2, 0.25) is 0 Å². The van der Waals surface area contributed by atoms with Crippen molar-refractivity contribution in [3.8, 4) is 0 Å². The molecule has 0 aromatic heterocycles. The van der Waals surface area contributed by atoms with Gasteiger partial charge in [0, 0.05) is 16.3 Å². The minimum Gasteiger partial charge on any atom is -0.399 e. The number of hydrogen-bond acceptors (Lipinski definition) is 3. The molecule has 1 rings (SSSR count). The number of nitrogen functional groups attached to an aromatic ring is 1. The van der Waals surface area contributed by atoms with E-state index in [1.165, 1.54) is 4.90 Å². The van der Waals surface area contributed by atoms with E-state index < -0.39 is 0 Å². The highest BCUT2D eigenvalue weighted by Gasteiger charge is 1.97. The first kappa shape index (κ1) is 10.4. The molecule has 0 spiro atoms. The largest absolute Gasteiger partial charge is 0.399 e. The van der Waals surface area contributed by atoms with Crippen LogP contribution in [0, 0.1) is 0 Å². The lowest BCUT2D eigenvalue weighted by Gasteiger charge is -2.04. The number of thioether (sulfide) groups is 1. The van der Waals surface area contributed by atoms with Gasteiger partial charge in [-0.2, -0.15) is 0 Å². The van der Waals surface area contributed by atoms with Crippen LogP contribution in [-0.4, -0.2) is 17.0 Å². The smallest absolute Gasteiger partial charge is 0.0520 e. The Morgan fingerprint density at radius 3 is 2.92 bits per heavy atom. The highest BCUT2D eigenvalue weighted by atomic mass is 32.2. The Kier molecular flexibility index (Phi) is 4.12. The molecule has 0 saturated carbocycles.